The summed E-state index contributed by atoms with van der Waals surface area (Å²) in [5, 5.41) is 3.01. The van der Waals surface area contributed by atoms with Crippen LogP contribution in [0.2, 0.25) is 0 Å². The van der Waals surface area contributed by atoms with Gasteiger partial charge in [-0.05, 0) is 42.3 Å². The van der Waals surface area contributed by atoms with Gasteiger partial charge in [0.2, 0.25) is 0 Å². The molecule has 0 atom stereocenters. The molecule has 0 bridgehead atoms. The number of carbonyl (C=O) groups excluding carboxylic acids is 1. The highest BCUT2D eigenvalue weighted by Crippen LogP contribution is 2.29. The number of carbonyl (C=O) groups is 1. The molecule has 0 aliphatic carbocycles. The molecule has 0 fully saturated rings. The standard InChI is InChI=1S/C24H21N3O/c1-18-22(24(28)26-17-19-9-8-14-25-16-19)15-23(20-10-4-2-5-11-20)27(18)21-12-6-3-7-13-21/h2-16H,17H2,1H3,(H,26,28). The van der Waals surface area contributed by atoms with Crippen molar-refractivity contribution < 1.29 is 4.79 Å². The zero-order valence-corrected chi connectivity index (χ0v) is 15.7. The van der Waals surface area contributed by atoms with Crippen LogP contribution in [-0.4, -0.2) is 15.5 Å². The number of benzene rings is 2. The number of hydrogen-bond acceptors (Lipinski definition) is 2. The van der Waals surface area contributed by atoms with E-state index in [-0.39, 0.29) is 5.91 Å². The van der Waals surface area contributed by atoms with Crippen molar-refractivity contribution in [3.05, 3.63) is 108 Å². The van der Waals surface area contributed by atoms with Gasteiger partial charge in [0.1, 0.15) is 0 Å². The van der Waals surface area contributed by atoms with E-state index in [0.717, 1.165) is 28.2 Å². The Morgan fingerprint density at radius 1 is 0.964 bits per heavy atom. The smallest absolute Gasteiger partial charge is 0.253 e. The predicted octanol–water partition coefficient (Wildman–Crippen LogP) is 4.78. The molecule has 0 spiro atoms. The van der Waals surface area contributed by atoms with E-state index in [1.807, 2.05) is 61.5 Å². The average Bonchev–Trinajstić information content (AvgIpc) is 3.11. The van der Waals surface area contributed by atoms with Gasteiger partial charge in [-0.25, -0.2) is 0 Å². The lowest BCUT2D eigenvalue weighted by atomic mass is 10.1. The Kier molecular flexibility index (Phi) is 5.02. The molecule has 0 saturated carbocycles. The molecule has 2 aromatic heterocycles. The van der Waals surface area contributed by atoms with Crippen LogP contribution < -0.4 is 5.32 Å². The molecule has 1 N–H and O–H groups in total. The number of pyridine rings is 1. The van der Waals surface area contributed by atoms with E-state index in [9.17, 15) is 4.79 Å². The van der Waals surface area contributed by atoms with E-state index in [1.165, 1.54) is 0 Å². The summed E-state index contributed by atoms with van der Waals surface area (Å²) in [6.45, 7) is 2.43. The highest BCUT2D eigenvalue weighted by molar-refractivity contribution is 5.97. The Hall–Kier alpha value is -3.66. The van der Waals surface area contributed by atoms with Crippen molar-refractivity contribution in [2.45, 2.75) is 13.5 Å². The van der Waals surface area contributed by atoms with Crippen molar-refractivity contribution in [2.75, 3.05) is 0 Å². The molecule has 28 heavy (non-hydrogen) atoms. The molecule has 2 aromatic carbocycles. The van der Waals surface area contributed by atoms with Gasteiger partial charge in [-0.2, -0.15) is 0 Å². The molecule has 0 saturated heterocycles. The minimum Gasteiger partial charge on any atom is -0.348 e. The second-order valence-electron chi connectivity index (χ2n) is 6.61. The Morgan fingerprint density at radius 3 is 2.36 bits per heavy atom. The third-order valence-electron chi connectivity index (χ3n) is 4.75. The second kappa shape index (κ2) is 7.92. The molecular formula is C24H21N3O. The highest BCUT2D eigenvalue weighted by Gasteiger charge is 2.19. The van der Waals surface area contributed by atoms with Crippen molar-refractivity contribution in [2.24, 2.45) is 0 Å². The van der Waals surface area contributed by atoms with Gasteiger partial charge in [0.25, 0.3) is 5.91 Å². The Balaban J connectivity index is 1.72. The first-order chi connectivity index (χ1) is 13.7. The lowest BCUT2D eigenvalue weighted by Crippen LogP contribution is -2.23. The van der Waals surface area contributed by atoms with E-state index in [0.29, 0.717) is 12.1 Å². The fourth-order valence-corrected chi connectivity index (χ4v) is 3.35. The van der Waals surface area contributed by atoms with Crippen molar-refractivity contribution in [1.82, 2.24) is 14.9 Å². The first-order valence-corrected chi connectivity index (χ1v) is 9.24. The minimum absolute atomic E-state index is 0.0896. The van der Waals surface area contributed by atoms with Crippen molar-refractivity contribution in [1.29, 1.82) is 0 Å². The Bertz CT molecular complexity index is 1070. The summed E-state index contributed by atoms with van der Waals surface area (Å²) in [6, 6.07) is 26.0. The van der Waals surface area contributed by atoms with Crippen LogP contribution in [0.5, 0.6) is 0 Å². The maximum atomic E-state index is 12.9. The van der Waals surface area contributed by atoms with Crippen molar-refractivity contribution >= 4 is 5.91 Å². The lowest BCUT2D eigenvalue weighted by Gasteiger charge is -2.12. The van der Waals surface area contributed by atoms with Gasteiger partial charge in [0.15, 0.2) is 0 Å². The fraction of sp³-hybridized carbons (Fsp3) is 0.0833. The summed E-state index contributed by atoms with van der Waals surface area (Å²) in [4.78, 5) is 17.0. The van der Waals surface area contributed by atoms with Crippen LogP contribution in [0.15, 0.2) is 91.3 Å². The number of amides is 1. The van der Waals surface area contributed by atoms with Crippen molar-refractivity contribution in [3.8, 4) is 16.9 Å². The first-order valence-electron chi connectivity index (χ1n) is 9.24. The third-order valence-corrected chi connectivity index (χ3v) is 4.75. The van der Waals surface area contributed by atoms with Crippen LogP contribution in [-0.2, 0) is 6.54 Å². The summed E-state index contributed by atoms with van der Waals surface area (Å²) in [5.74, 6) is -0.0896. The highest BCUT2D eigenvalue weighted by atomic mass is 16.1. The zero-order valence-electron chi connectivity index (χ0n) is 15.7. The van der Waals surface area contributed by atoms with E-state index in [4.69, 9.17) is 0 Å². The van der Waals surface area contributed by atoms with Crippen LogP contribution in [0, 0.1) is 6.92 Å². The van der Waals surface area contributed by atoms with Gasteiger partial charge < -0.3 is 9.88 Å². The molecule has 2 heterocycles. The fourth-order valence-electron chi connectivity index (χ4n) is 3.35. The van der Waals surface area contributed by atoms with Crippen LogP contribution in [0.3, 0.4) is 0 Å². The molecule has 0 aliphatic heterocycles. The largest absolute Gasteiger partial charge is 0.348 e. The Labute approximate surface area is 164 Å². The maximum Gasteiger partial charge on any atom is 0.253 e. The van der Waals surface area contributed by atoms with Gasteiger partial charge in [-0.1, -0.05) is 54.6 Å². The third kappa shape index (κ3) is 3.58. The number of rotatable bonds is 5. The van der Waals surface area contributed by atoms with Gasteiger partial charge in [-0.15, -0.1) is 0 Å². The number of nitrogens with zero attached hydrogens (tertiary/aromatic N) is 2. The van der Waals surface area contributed by atoms with Gasteiger partial charge in [0.05, 0.1) is 11.3 Å². The van der Waals surface area contributed by atoms with Gasteiger partial charge >= 0.3 is 0 Å². The molecule has 0 aliphatic rings. The minimum atomic E-state index is -0.0896. The molecule has 4 heteroatoms. The van der Waals surface area contributed by atoms with E-state index in [2.05, 4.69) is 39.1 Å². The zero-order chi connectivity index (χ0) is 19.3. The molecular weight excluding hydrogens is 346 g/mol. The number of aromatic nitrogens is 2. The maximum absolute atomic E-state index is 12.9. The molecule has 4 rings (SSSR count). The average molecular weight is 367 g/mol. The summed E-state index contributed by atoms with van der Waals surface area (Å²) in [7, 11) is 0. The molecule has 0 unspecified atom stereocenters. The summed E-state index contributed by atoms with van der Waals surface area (Å²) >= 11 is 0. The van der Waals surface area contributed by atoms with Crippen molar-refractivity contribution in [3.63, 3.8) is 0 Å². The van der Waals surface area contributed by atoms with Crippen LogP contribution in [0.1, 0.15) is 21.6 Å². The molecule has 1 amide bonds. The first kappa shape index (κ1) is 17.7. The molecule has 138 valence electrons. The van der Waals surface area contributed by atoms with E-state index < -0.39 is 0 Å². The summed E-state index contributed by atoms with van der Waals surface area (Å²) in [6.07, 6.45) is 3.49. The number of hydrogen-bond donors (Lipinski definition) is 1. The summed E-state index contributed by atoms with van der Waals surface area (Å²) in [5.41, 5.74) is 5.65. The lowest BCUT2D eigenvalue weighted by molar-refractivity contribution is 0.0950. The number of nitrogens with one attached hydrogen (secondary N) is 1. The van der Waals surface area contributed by atoms with Crippen LogP contribution in [0.4, 0.5) is 0 Å². The van der Waals surface area contributed by atoms with E-state index in [1.54, 1.807) is 12.4 Å². The number of para-hydroxylation sites is 1. The van der Waals surface area contributed by atoms with Crippen LogP contribution >= 0.6 is 0 Å². The molecule has 0 radical (unpaired) electrons. The topological polar surface area (TPSA) is 46.9 Å². The second-order valence-corrected chi connectivity index (χ2v) is 6.61. The summed E-state index contributed by atoms with van der Waals surface area (Å²) < 4.78 is 2.13. The van der Waals surface area contributed by atoms with Gasteiger partial charge in [-0.3, -0.25) is 9.78 Å². The molecule has 4 aromatic rings. The quantitative estimate of drug-likeness (QED) is 0.552. The SMILES string of the molecule is Cc1c(C(=O)NCc2cccnc2)cc(-c2ccccc2)n1-c1ccccc1. The molecule has 4 nitrogen and oxygen atoms in total. The van der Waals surface area contributed by atoms with Crippen LogP contribution in [0.25, 0.3) is 16.9 Å². The Morgan fingerprint density at radius 2 is 1.68 bits per heavy atom. The predicted molar refractivity (Wildman–Crippen MR) is 111 cm³/mol. The normalized spacial score (nSPS) is 10.6. The van der Waals surface area contributed by atoms with Gasteiger partial charge in [0, 0.05) is 30.3 Å². The van der Waals surface area contributed by atoms with E-state index >= 15 is 0 Å². The monoisotopic (exact) mass is 367 g/mol.